The van der Waals surface area contributed by atoms with E-state index in [0.29, 0.717) is 18.7 Å². The Hall–Kier alpha value is -2.33. The van der Waals surface area contributed by atoms with Gasteiger partial charge in [0.1, 0.15) is 6.61 Å². The molecule has 0 saturated carbocycles. The third-order valence-electron chi connectivity index (χ3n) is 3.62. The fraction of sp³-hybridized carbons (Fsp3) is 0.176. The van der Waals surface area contributed by atoms with Crippen molar-refractivity contribution in [1.29, 1.82) is 0 Å². The van der Waals surface area contributed by atoms with Crippen LogP contribution in [0.3, 0.4) is 0 Å². The molecule has 1 aliphatic rings. The summed E-state index contributed by atoms with van der Waals surface area (Å²) in [5.74, 6) is 0. The molecule has 0 spiro atoms. The number of hydrogen-bond acceptors (Lipinski definition) is 3. The second kappa shape index (κ2) is 6.20. The van der Waals surface area contributed by atoms with E-state index in [1.807, 2.05) is 36.4 Å². The van der Waals surface area contributed by atoms with E-state index in [1.54, 1.807) is 17.0 Å². The summed E-state index contributed by atoms with van der Waals surface area (Å²) in [6.45, 7) is 1.17. The van der Waals surface area contributed by atoms with Crippen molar-refractivity contribution in [2.24, 2.45) is 0 Å². The lowest BCUT2D eigenvalue weighted by atomic mass is 10.1. The van der Waals surface area contributed by atoms with E-state index in [0.717, 1.165) is 16.7 Å². The highest BCUT2D eigenvalue weighted by atomic mass is 35.5. The summed E-state index contributed by atoms with van der Waals surface area (Å²) in [4.78, 5) is 24.9. The molecule has 2 aromatic carbocycles. The van der Waals surface area contributed by atoms with Gasteiger partial charge in [0.05, 0.1) is 0 Å². The maximum atomic E-state index is 12.1. The highest BCUT2D eigenvalue weighted by Gasteiger charge is 2.25. The van der Waals surface area contributed by atoms with Crippen LogP contribution in [0.25, 0.3) is 0 Å². The molecule has 0 saturated heterocycles. The number of nitrogens with zero attached hydrogens (tertiary/aromatic N) is 1. The molecular weight excluding hydrogens is 302 g/mol. The third-order valence-corrected chi connectivity index (χ3v) is 3.84. The molecule has 0 N–H and O–H groups in total. The first-order chi connectivity index (χ1) is 10.6. The molecule has 0 radical (unpaired) electrons. The lowest BCUT2D eigenvalue weighted by molar-refractivity contribution is 0.0955. The molecule has 0 atom stereocenters. The highest BCUT2D eigenvalue weighted by molar-refractivity contribution is 6.67. The number of ether oxygens (including phenoxy) is 1. The fourth-order valence-corrected chi connectivity index (χ4v) is 2.57. The molecular formula is C17H14ClNO3. The summed E-state index contributed by atoms with van der Waals surface area (Å²) in [5.41, 5.74) is 3.34. The van der Waals surface area contributed by atoms with Crippen LogP contribution in [0.4, 0.5) is 4.79 Å². The minimum atomic E-state index is -0.493. The van der Waals surface area contributed by atoms with Crippen LogP contribution in [-0.2, 0) is 24.4 Å². The quantitative estimate of drug-likeness (QED) is 0.811. The van der Waals surface area contributed by atoms with Gasteiger partial charge < -0.3 is 4.74 Å². The molecule has 0 aromatic heterocycles. The van der Waals surface area contributed by atoms with Gasteiger partial charge in [0.2, 0.25) is 0 Å². The minimum Gasteiger partial charge on any atom is -0.445 e. The summed E-state index contributed by atoms with van der Waals surface area (Å²) < 4.78 is 5.31. The Labute approximate surface area is 133 Å². The van der Waals surface area contributed by atoms with E-state index in [2.05, 4.69) is 0 Å². The summed E-state index contributed by atoms with van der Waals surface area (Å²) >= 11 is 5.48. The van der Waals surface area contributed by atoms with Crippen molar-refractivity contribution >= 4 is 22.9 Å². The highest BCUT2D eigenvalue weighted by Crippen LogP contribution is 2.25. The lowest BCUT2D eigenvalue weighted by Gasteiger charge is -2.15. The zero-order valence-electron chi connectivity index (χ0n) is 11.8. The van der Waals surface area contributed by atoms with E-state index >= 15 is 0 Å². The first-order valence-corrected chi connectivity index (χ1v) is 7.28. The normalized spacial score (nSPS) is 12.9. The number of carbonyl (C=O) groups is 2. The Balaban J connectivity index is 1.62. The second-order valence-electron chi connectivity index (χ2n) is 5.15. The Kier molecular flexibility index (Phi) is 4.11. The van der Waals surface area contributed by atoms with Gasteiger partial charge in [-0.25, -0.2) is 4.79 Å². The fourth-order valence-electron chi connectivity index (χ4n) is 2.46. The molecule has 0 bridgehead atoms. The van der Waals surface area contributed by atoms with Gasteiger partial charge in [-0.15, -0.1) is 0 Å². The topological polar surface area (TPSA) is 46.6 Å². The number of fused-ring (bicyclic) bond motifs is 1. The summed E-state index contributed by atoms with van der Waals surface area (Å²) in [6.07, 6.45) is -0.362. The van der Waals surface area contributed by atoms with Gasteiger partial charge in [-0.1, -0.05) is 36.4 Å². The number of rotatable bonds is 3. The Morgan fingerprint density at radius 3 is 2.50 bits per heavy atom. The Bertz CT molecular complexity index is 715. The van der Waals surface area contributed by atoms with Gasteiger partial charge in [0.15, 0.2) is 0 Å². The van der Waals surface area contributed by atoms with Crippen LogP contribution in [0.2, 0.25) is 0 Å². The van der Waals surface area contributed by atoms with Gasteiger partial charge in [0, 0.05) is 18.7 Å². The molecule has 2 aromatic rings. The zero-order chi connectivity index (χ0) is 15.5. The maximum absolute atomic E-state index is 12.1. The van der Waals surface area contributed by atoms with Crippen LogP contribution < -0.4 is 0 Å². The van der Waals surface area contributed by atoms with Crippen molar-refractivity contribution in [1.82, 2.24) is 4.90 Å². The molecule has 0 unspecified atom stereocenters. The van der Waals surface area contributed by atoms with E-state index in [-0.39, 0.29) is 12.7 Å². The van der Waals surface area contributed by atoms with E-state index < -0.39 is 5.24 Å². The van der Waals surface area contributed by atoms with Crippen molar-refractivity contribution in [3.05, 3.63) is 70.8 Å². The number of halogens is 1. The van der Waals surface area contributed by atoms with Crippen molar-refractivity contribution in [3.8, 4) is 0 Å². The largest absolute Gasteiger partial charge is 0.445 e. The number of carbonyl (C=O) groups excluding carboxylic acids is 2. The third kappa shape index (κ3) is 3.12. The standard InChI is InChI=1S/C17H14ClNO3/c18-16(20)13-6-7-14-9-19(10-15(14)8-13)17(21)22-11-12-4-2-1-3-5-12/h1-8H,9-11H2. The van der Waals surface area contributed by atoms with Gasteiger partial charge in [0.25, 0.3) is 5.24 Å². The first kappa shape index (κ1) is 14.6. The molecule has 3 rings (SSSR count). The number of benzene rings is 2. The first-order valence-electron chi connectivity index (χ1n) is 6.91. The Morgan fingerprint density at radius 1 is 1.05 bits per heavy atom. The van der Waals surface area contributed by atoms with Crippen LogP contribution in [-0.4, -0.2) is 16.2 Å². The second-order valence-corrected chi connectivity index (χ2v) is 5.50. The predicted molar refractivity (Wildman–Crippen MR) is 82.5 cm³/mol. The molecule has 22 heavy (non-hydrogen) atoms. The van der Waals surface area contributed by atoms with Gasteiger partial charge in [-0.3, -0.25) is 9.69 Å². The van der Waals surface area contributed by atoms with Gasteiger partial charge >= 0.3 is 6.09 Å². The van der Waals surface area contributed by atoms with Crippen LogP contribution in [0, 0.1) is 0 Å². The van der Waals surface area contributed by atoms with Crippen molar-refractivity contribution in [2.75, 3.05) is 0 Å². The van der Waals surface area contributed by atoms with Crippen LogP contribution >= 0.6 is 11.6 Å². The van der Waals surface area contributed by atoms with Crippen LogP contribution in [0.5, 0.6) is 0 Å². The minimum absolute atomic E-state index is 0.248. The number of hydrogen-bond donors (Lipinski definition) is 0. The van der Waals surface area contributed by atoms with Crippen LogP contribution in [0.1, 0.15) is 27.0 Å². The molecule has 1 heterocycles. The van der Waals surface area contributed by atoms with Crippen molar-refractivity contribution in [2.45, 2.75) is 19.7 Å². The van der Waals surface area contributed by atoms with Gasteiger partial charge in [-0.05, 0) is 40.4 Å². The SMILES string of the molecule is O=C(Cl)c1ccc2c(c1)CN(C(=O)OCc1ccccc1)C2. The summed E-state index contributed by atoms with van der Waals surface area (Å²) in [5, 5.41) is -0.493. The van der Waals surface area contributed by atoms with E-state index in [1.165, 1.54) is 0 Å². The van der Waals surface area contributed by atoms with E-state index in [9.17, 15) is 9.59 Å². The predicted octanol–water partition coefficient (Wildman–Crippen LogP) is 3.72. The molecule has 4 nitrogen and oxygen atoms in total. The number of amides is 1. The van der Waals surface area contributed by atoms with Crippen LogP contribution in [0.15, 0.2) is 48.5 Å². The maximum Gasteiger partial charge on any atom is 0.410 e. The van der Waals surface area contributed by atoms with Crippen molar-refractivity contribution < 1.29 is 14.3 Å². The zero-order valence-corrected chi connectivity index (χ0v) is 12.5. The monoisotopic (exact) mass is 315 g/mol. The van der Waals surface area contributed by atoms with Crippen molar-refractivity contribution in [3.63, 3.8) is 0 Å². The smallest absolute Gasteiger partial charge is 0.410 e. The summed E-state index contributed by atoms with van der Waals surface area (Å²) in [7, 11) is 0. The average Bonchev–Trinajstić information content (AvgIpc) is 2.96. The molecule has 5 heteroatoms. The lowest BCUT2D eigenvalue weighted by Crippen LogP contribution is -2.25. The Morgan fingerprint density at radius 2 is 1.77 bits per heavy atom. The average molecular weight is 316 g/mol. The van der Waals surface area contributed by atoms with E-state index in [4.69, 9.17) is 16.3 Å². The molecule has 112 valence electrons. The molecule has 0 fully saturated rings. The molecule has 1 aliphatic heterocycles. The summed E-state index contributed by atoms with van der Waals surface area (Å²) in [6, 6.07) is 14.8. The molecule has 0 aliphatic carbocycles. The molecule has 1 amide bonds. The van der Waals surface area contributed by atoms with Gasteiger partial charge in [-0.2, -0.15) is 0 Å².